The minimum absolute atomic E-state index is 0.0574. The van der Waals surface area contributed by atoms with Crippen molar-refractivity contribution in [3.8, 4) is 0 Å². The summed E-state index contributed by atoms with van der Waals surface area (Å²) in [6.07, 6.45) is 7.66. The van der Waals surface area contributed by atoms with Gasteiger partial charge < -0.3 is 10.3 Å². The lowest BCUT2D eigenvalue weighted by molar-refractivity contribution is -0.127. The normalized spacial score (nSPS) is 27.5. The molecular weight excluding hydrogens is 298 g/mol. The number of amides is 1. The van der Waals surface area contributed by atoms with Gasteiger partial charge in [0, 0.05) is 5.92 Å². The molecule has 2 aliphatic rings. The number of hydrogen-bond donors (Lipinski definition) is 2. The molecule has 0 aliphatic heterocycles. The maximum Gasteiger partial charge on any atom is 0.224 e. The molecular formula is C20H25N3O. The maximum absolute atomic E-state index is 12.9. The van der Waals surface area contributed by atoms with Crippen molar-refractivity contribution in [1.29, 1.82) is 0 Å². The number of hydrogen-bond acceptors (Lipinski definition) is 2. The van der Waals surface area contributed by atoms with E-state index in [2.05, 4.69) is 36.3 Å². The second kappa shape index (κ2) is 6.08. The first-order valence-electron chi connectivity index (χ1n) is 9.09. The molecule has 0 saturated heterocycles. The van der Waals surface area contributed by atoms with Gasteiger partial charge in [0.2, 0.25) is 5.91 Å². The van der Waals surface area contributed by atoms with Gasteiger partial charge in [-0.2, -0.15) is 0 Å². The van der Waals surface area contributed by atoms with Crippen LogP contribution in [0.1, 0.15) is 45.0 Å². The molecule has 4 nitrogen and oxygen atoms in total. The SMILES string of the molecule is CC[C@H](C)[C@@H](NC(=O)[C@H]1C[C@H]2C=C[C@H]1C2)c1nc2ccccc2[nH]1. The number of fused-ring (bicyclic) bond motifs is 3. The summed E-state index contributed by atoms with van der Waals surface area (Å²) in [7, 11) is 0. The highest BCUT2D eigenvalue weighted by atomic mass is 16.2. The summed E-state index contributed by atoms with van der Waals surface area (Å²) in [5.41, 5.74) is 1.98. The fourth-order valence-corrected chi connectivity index (χ4v) is 4.18. The van der Waals surface area contributed by atoms with E-state index in [1.165, 1.54) is 0 Å². The van der Waals surface area contributed by atoms with Crippen LogP contribution in [0.25, 0.3) is 11.0 Å². The van der Waals surface area contributed by atoms with Gasteiger partial charge in [-0.1, -0.05) is 44.6 Å². The number of benzene rings is 1. The zero-order chi connectivity index (χ0) is 16.7. The van der Waals surface area contributed by atoms with E-state index in [4.69, 9.17) is 4.98 Å². The summed E-state index contributed by atoms with van der Waals surface area (Å²) in [4.78, 5) is 21.0. The van der Waals surface area contributed by atoms with Gasteiger partial charge in [-0.25, -0.2) is 4.98 Å². The van der Waals surface area contributed by atoms with Gasteiger partial charge in [0.15, 0.2) is 0 Å². The molecule has 1 aromatic heterocycles. The molecule has 2 aromatic rings. The third kappa shape index (κ3) is 2.64. The van der Waals surface area contributed by atoms with Gasteiger partial charge in [-0.05, 0) is 42.7 Å². The third-order valence-electron chi connectivity index (χ3n) is 5.83. The number of allylic oxidation sites excluding steroid dienone is 2. The number of carbonyl (C=O) groups is 1. The zero-order valence-electron chi connectivity index (χ0n) is 14.3. The van der Waals surface area contributed by atoms with Crippen molar-refractivity contribution in [3.63, 3.8) is 0 Å². The van der Waals surface area contributed by atoms with Gasteiger partial charge >= 0.3 is 0 Å². The summed E-state index contributed by atoms with van der Waals surface area (Å²) >= 11 is 0. The van der Waals surface area contributed by atoms with Crippen molar-refractivity contribution in [2.45, 2.75) is 39.2 Å². The van der Waals surface area contributed by atoms with Crippen LogP contribution in [-0.2, 0) is 4.79 Å². The average molecular weight is 323 g/mol. The second-order valence-electron chi connectivity index (χ2n) is 7.40. The Morgan fingerprint density at radius 2 is 2.17 bits per heavy atom. The van der Waals surface area contributed by atoms with E-state index in [0.717, 1.165) is 36.1 Å². The number of H-pyrrole nitrogens is 1. The Balaban J connectivity index is 1.57. The molecule has 2 aliphatic carbocycles. The highest BCUT2D eigenvalue weighted by Gasteiger charge is 2.40. The van der Waals surface area contributed by atoms with Crippen LogP contribution in [0.5, 0.6) is 0 Å². The number of carbonyl (C=O) groups excluding carboxylic acids is 1. The van der Waals surface area contributed by atoms with Crippen LogP contribution in [0, 0.1) is 23.7 Å². The van der Waals surface area contributed by atoms with E-state index < -0.39 is 0 Å². The minimum Gasteiger partial charge on any atom is -0.346 e. The van der Waals surface area contributed by atoms with Crippen molar-refractivity contribution in [2.75, 3.05) is 0 Å². The van der Waals surface area contributed by atoms with Crippen molar-refractivity contribution in [1.82, 2.24) is 15.3 Å². The highest BCUT2D eigenvalue weighted by Crippen LogP contribution is 2.43. The largest absolute Gasteiger partial charge is 0.346 e. The Hall–Kier alpha value is -2.10. The molecule has 1 fully saturated rings. The van der Waals surface area contributed by atoms with Crippen molar-refractivity contribution in [3.05, 3.63) is 42.2 Å². The lowest BCUT2D eigenvalue weighted by Crippen LogP contribution is -2.38. The Morgan fingerprint density at radius 1 is 1.33 bits per heavy atom. The summed E-state index contributed by atoms with van der Waals surface area (Å²) in [6, 6.07) is 7.97. The van der Waals surface area contributed by atoms with Crippen molar-refractivity contribution >= 4 is 16.9 Å². The first-order chi connectivity index (χ1) is 11.7. The van der Waals surface area contributed by atoms with Crippen LogP contribution in [0.15, 0.2) is 36.4 Å². The van der Waals surface area contributed by atoms with E-state index >= 15 is 0 Å². The molecule has 0 unspecified atom stereocenters. The number of imidazole rings is 1. The van der Waals surface area contributed by atoms with Crippen LogP contribution in [0.2, 0.25) is 0 Å². The van der Waals surface area contributed by atoms with Crippen LogP contribution in [0.3, 0.4) is 0 Å². The number of rotatable bonds is 5. The van der Waals surface area contributed by atoms with Crippen LogP contribution in [-0.4, -0.2) is 15.9 Å². The maximum atomic E-state index is 12.9. The average Bonchev–Trinajstić information content (AvgIpc) is 3.32. The first-order valence-corrected chi connectivity index (χ1v) is 9.09. The summed E-state index contributed by atoms with van der Waals surface area (Å²) in [5.74, 6) is 2.58. The van der Waals surface area contributed by atoms with Gasteiger partial charge in [0.05, 0.1) is 17.1 Å². The predicted octanol–water partition coefficient (Wildman–Crippen LogP) is 3.98. The molecule has 2 bridgehead atoms. The van der Waals surface area contributed by atoms with E-state index in [1.807, 2.05) is 24.3 Å². The number of aromatic nitrogens is 2. The molecule has 4 rings (SSSR count). The predicted molar refractivity (Wildman–Crippen MR) is 95.3 cm³/mol. The summed E-state index contributed by atoms with van der Waals surface area (Å²) in [5, 5.41) is 3.31. The van der Waals surface area contributed by atoms with Gasteiger partial charge in [0.25, 0.3) is 0 Å². The Kier molecular flexibility index (Phi) is 3.91. The van der Waals surface area contributed by atoms with Crippen LogP contribution >= 0.6 is 0 Å². The second-order valence-corrected chi connectivity index (χ2v) is 7.40. The minimum atomic E-state index is -0.0574. The highest BCUT2D eigenvalue weighted by molar-refractivity contribution is 5.81. The molecule has 126 valence electrons. The molecule has 24 heavy (non-hydrogen) atoms. The molecule has 1 amide bonds. The van der Waals surface area contributed by atoms with E-state index in [-0.39, 0.29) is 17.9 Å². The van der Waals surface area contributed by atoms with Crippen LogP contribution < -0.4 is 5.32 Å². The summed E-state index contributed by atoms with van der Waals surface area (Å²) < 4.78 is 0. The number of aromatic amines is 1. The van der Waals surface area contributed by atoms with Gasteiger partial charge in [0.1, 0.15) is 5.82 Å². The summed E-state index contributed by atoms with van der Waals surface area (Å²) in [6.45, 7) is 4.34. The van der Waals surface area contributed by atoms with Crippen molar-refractivity contribution in [2.24, 2.45) is 23.7 Å². The van der Waals surface area contributed by atoms with Gasteiger partial charge in [-0.3, -0.25) is 4.79 Å². The first kappa shape index (κ1) is 15.4. The van der Waals surface area contributed by atoms with Gasteiger partial charge in [-0.15, -0.1) is 0 Å². The fourth-order valence-electron chi connectivity index (χ4n) is 4.18. The van der Waals surface area contributed by atoms with Crippen LogP contribution in [0.4, 0.5) is 0 Å². The molecule has 1 saturated carbocycles. The standard InChI is InChI=1S/C20H25N3O/c1-3-12(2)18(19-21-16-6-4-5-7-17(16)22-19)23-20(24)15-11-13-8-9-14(15)10-13/h4-9,12-15,18H,3,10-11H2,1-2H3,(H,21,22)(H,23,24)/t12-,13-,14-,15-,18+/m0/s1. The zero-order valence-corrected chi connectivity index (χ0v) is 14.3. The molecule has 0 radical (unpaired) electrons. The topological polar surface area (TPSA) is 57.8 Å². The number of nitrogens with zero attached hydrogens (tertiary/aromatic N) is 1. The molecule has 5 atom stereocenters. The number of para-hydroxylation sites is 2. The Morgan fingerprint density at radius 3 is 2.83 bits per heavy atom. The smallest absolute Gasteiger partial charge is 0.224 e. The molecule has 1 aromatic carbocycles. The Bertz CT molecular complexity index is 745. The Labute approximate surface area is 142 Å². The van der Waals surface area contributed by atoms with E-state index in [1.54, 1.807) is 0 Å². The molecule has 2 N–H and O–H groups in total. The fraction of sp³-hybridized carbons (Fsp3) is 0.500. The molecule has 1 heterocycles. The quantitative estimate of drug-likeness (QED) is 0.818. The van der Waals surface area contributed by atoms with Crippen molar-refractivity contribution < 1.29 is 4.79 Å². The number of nitrogens with one attached hydrogen (secondary N) is 2. The van der Waals surface area contributed by atoms with E-state index in [0.29, 0.717) is 17.8 Å². The third-order valence-corrected chi connectivity index (χ3v) is 5.83. The molecule has 0 spiro atoms. The lowest BCUT2D eigenvalue weighted by Gasteiger charge is -2.26. The molecule has 4 heteroatoms. The monoisotopic (exact) mass is 323 g/mol. The lowest BCUT2D eigenvalue weighted by atomic mass is 9.91. The van der Waals surface area contributed by atoms with E-state index in [9.17, 15) is 4.79 Å².